The molecule has 0 saturated heterocycles. The van der Waals surface area contributed by atoms with Gasteiger partial charge in [0.2, 0.25) is 0 Å². The van der Waals surface area contributed by atoms with E-state index in [1.165, 1.54) is 35.0 Å². The number of benzene rings is 1. The highest BCUT2D eigenvalue weighted by Gasteiger charge is 2.14. The zero-order valence-electron chi connectivity index (χ0n) is 16.7. The summed E-state index contributed by atoms with van der Waals surface area (Å²) in [4.78, 5) is 35.0. The molecule has 160 valence electrons. The molecule has 0 aliphatic carbocycles. The lowest BCUT2D eigenvalue weighted by molar-refractivity contribution is -0.143. The molecule has 30 heavy (non-hydrogen) atoms. The van der Waals surface area contributed by atoms with Crippen LogP contribution in [0.25, 0.3) is 11.8 Å². The predicted molar refractivity (Wildman–Crippen MR) is 110 cm³/mol. The van der Waals surface area contributed by atoms with Crippen LogP contribution in [-0.4, -0.2) is 40.8 Å². The molecule has 0 fully saturated rings. The van der Waals surface area contributed by atoms with Gasteiger partial charge in [-0.3, -0.25) is 10.1 Å². The Kier molecular flexibility index (Phi) is 8.11. The molecule has 0 spiro atoms. The number of rotatable bonds is 7. The monoisotopic (exact) mass is 436 g/mol. The van der Waals surface area contributed by atoms with Gasteiger partial charge < -0.3 is 10.1 Å². The zero-order valence-corrected chi connectivity index (χ0v) is 17.5. The Labute approximate surface area is 178 Å². The van der Waals surface area contributed by atoms with E-state index >= 15 is 0 Å². The predicted octanol–water partition coefficient (Wildman–Crippen LogP) is 3.01. The van der Waals surface area contributed by atoms with E-state index in [1.54, 1.807) is 6.92 Å². The van der Waals surface area contributed by atoms with Crippen LogP contribution in [0.3, 0.4) is 0 Å². The first-order valence-corrected chi connectivity index (χ1v) is 9.48. The Bertz CT molecular complexity index is 954. The van der Waals surface area contributed by atoms with Crippen molar-refractivity contribution in [3.8, 4) is 5.69 Å². The number of nitrogens with one attached hydrogen (secondary N) is 2. The molecule has 0 unspecified atom stereocenters. The summed E-state index contributed by atoms with van der Waals surface area (Å²) in [5.74, 6) is -1.70. The smallest absolute Gasteiger partial charge is 0.331 e. The third-order valence-corrected chi connectivity index (χ3v) is 4.14. The number of hydrogen-bond donors (Lipinski definition) is 2. The van der Waals surface area contributed by atoms with Crippen molar-refractivity contribution in [3.05, 3.63) is 52.6 Å². The SMILES string of the molecule is Cc1nn(-c2ccc(F)cc2)c(Cl)c1/C=C/C(=O)OCC(=O)NC(=O)NCC(C)C. The van der Waals surface area contributed by atoms with E-state index in [0.29, 0.717) is 23.5 Å². The number of carbonyl (C=O) groups is 3. The number of aromatic nitrogens is 2. The number of imide groups is 1. The van der Waals surface area contributed by atoms with E-state index in [9.17, 15) is 18.8 Å². The summed E-state index contributed by atoms with van der Waals surface area (Å²) < 4.78 is 19.3. The molecule has 0 saturated carbocycles. The number of nitrogens with zero attached hydrogens (tertiary/aromatic N) is 2. The lowest BCUT2D eigenvalue weighted by Gasteiger charge is -2.08. The molecular formula is C20H22ClFN4O4. The van der Waals surface area contributed by atoms with Crippen molar-refractivity contribution < 1.29 is 23.5 Å². The lowest BCUT2D eigenvalue weighted by atomic mass is 10.2. The van der Waals surface area contributed by atoms with Gasteiger partial charge in [0.1, 0.15) is 11.0 Å². The third-order valence-electron chi connectivity index (χ3n) is 3.77. The highest BCUT2D eigenvalue weighted by Crippen LogP contribution is 2.24. The molecule has 0 aliphatic heterocycles. The Morgan fingerprint density at radius 2 is 1.93 bits per heavy atom. The van der Waals surface area contributed by atoms with Gasteiger partial charge in [0.05, 0.1) is 11.4 Å². The summed E-state index contributed by atoms with van der Waals surface area (Å²) in [6.45, 7) is 5.31. The standard InChI is InChI=1S/C20H22ClFN4O4/c1-12(2)10-23-20(29)24-17(27)11-30-18(28)9-8-16-13(3)25-26(19(16)21)15-6-4-14(22)5-7-15/h4-9,12H,10-11H2,1-3H3,(H2,23,24,27,29)/b9-8+. The molecule has 2 N–H and O–H groups in total. The van der Waals surface area contributed by atoms with Crippen LogP contribution in [0.2, 0.25) is 5.15 Å². The summed E-state index contributed by atoms with van der Waals surface area (Å²) >= 11 is 6.32. The second kappa shape index (κ2) is 10.5. The molecule has 1 aromatic heterocycles. The van der Waals surface area contributed by atoms with Gasteiger partial charge in [0.15, 0.2) is 6.61 Å². The minimum Gasteiger partial charge on any atom is -0.452 e. The molecule has 2 aromatic rings. The maximum atomic E-state index is 13.1. The third kappa shape index (κ3) is 6.70. The topological polar surface area (TPSA) is 102 Å². The molecule has 1 heterocycles. The van der Waals surface area contributed by atoms with Crippen molar-refractivity contribution in [2.24, 2.45) is 5.92 Å². The Hall–Kier alpha value is -3.20. The van der Waals surface area contributed by atoms with E-state index in [4.69, 9.17) is 16.3 Å². The van der Waals surface area contributed by atoms with Gasteiger partial charge in [-0.15, -0.1) is 0 Å². The number of carbonyl (C=O) groups excluding carboxylic acids is 3. The van der Waals surface area contributed by atoms with Gasteiger partial charge in [-0.25, -0.2) is 18.7 Å². The number of esters is 1. The normalized spacial score (nSPS) is 11.0. The molecule has 0 atom stereocenters. The average molecular weight is 437 g/mol. The van der Waals surface area contributed by atoms with Gasteiger partial charge in [-0.05, 0) is 43.2 Å². The van der Waals surface area contributed by atoms with E-state index in [1.807, 2.05) is 13.8 Å². The number of halogens is 2. The van der Waals surface area contributed by atoms with E-state index in [2.05, 4.69) is 15.7 Å². The first-order chi connectivity index (χ1) is 14.2. The van der Waals surface area contributed by atoms with Crippen LogP contribution < -0.4 is 10.6 Å². The van der Waals surface area contributed by atoms with Gasteiger partial charge in [-0.1, -0.05) is 25.4 Å². The Morgan fingerprint density at radius 3 is 2.57 bits per heavy atom. The van der Waals surface area contributed by atoms with Crippen LogP contribution in [0, 0.1) is 18.7 Å². The Morgan fingerprint density at radius 1 is 1.27 bits per heavy atom. The van der Waals surface area contributed by atoms with E-state index < -0.39 is 24.5 Å². The fourth-order valence-corrected chi connectivity index (χ4v) is 2.63. The van der Waals surface area contributed by atoms with Gasteiger partial charge in [-0.2, -0.15) is 5.10 Å². The highest BCUT2D eigenvalue weighted by atomic mass is 35.5. The fourth-order valence-electron chi connectivity index (χ4n) is 2.29. The highest BCUT2D eigenvalue weighted by molar-refractivity contribution is 6.31. The molecule has 0 aliphatic rings. The molecule has 3 amide bonds. The van der Waals surface area contributed by atoms with Crippen LogP contribution in [0.1, 0.15) is 25.1 Å². The second-order valence-electron chi connectivity index (χ2n) is 6.77. The molecule has 2 rings (SSSR count). The number of aryl methyl sites for hydroxylation is 1. The van der Waals surface area contributed by atoms with Gasteiger partial charge in [0.25, 0.3) is 5.91 Å². The van der Waals surface area contributed by atoms with Crippen molar-refractivity contribution in [3.63, 3.8) is 0 Å². The summed E-state index contributed by atoms with van der Waals surface area (Å²) in [5.41, 5.74) is 1.56. The minimum atomic E-state index is -0.794. The second-order valence-corrected chi connectivity index (χ2v) is 7.13. The summed E-state index contributed by atoms with van der Waals surface area (Å²) in [7, 11) is 0. The van der Waals surface area contributed by atoms with Crippen molar-refractivity contribution >= 4 is 35.6 Å². The summed E-state index contributed by atoms with van der Waals surface area (Å²) in [6.07, 6.45) is 2.50. The van der Waals surface area contributed by atoms with Crippen molar-refractivity contribution in [2.75, 3.05) is 13.2 Å². The number of amides is 3. The van der Waals surface area contributed by atoms with E-state index in [0.717, 1.165) is 6.08 Å². The van der Waals surface area contributed by atoms with Crippen molar-refractivity contribution in [1.82, 2.24) is 20.4 Å². The molecular weight excluding hydrogens is 415 g/mol. The molecule has 0 bridgehead atoms. The lowest BCUT2D eigenvalue weighted by Crippen LogP contribution is -2.42. The summed E-state index contributed by atoms with van der Waals surface area (Å²) in [6, 6.07) is 4.94. The van der Waals surface area contributed by atoms with Crippen LogP contribution in [-0.2, 0) is 14.3 Å². The Balaban J connectivity index is 1.93. The average Bonchev–Trinajstić information content (AvgIpc) is 2.97. The molecule has 8 nitrogen and oxygen atoms in total. The zero-order chi connectivity index (χ0) is 22.3. The largest absolute Gasteiger partial charge is 0.452 e. The van der Waals surface area contributed by atoms with Crippen LogP contribution in [0.4, 0.5) is 9.18 Å². The number of ether oxygens (including phenoxy) is 1. The first-order valence-electron chi connectivity index (χ1n) is 9.11. The van der Waals surface area contributed by atoms with Crippen LogP contribution in [0.5, 0.6) is 0 Å². The molecule has 1 aromatic carbocycles. The molecule has 10 heteroatoms. The van der Waals surface area contributed by atoms with Crippen LogP contribution in [0.15, 0.2) is 30.3 Å². The maximum Gasteiger partial charge on any atom is 0.331 e. The molecule has 0 radical (unpaired) electrons. The minimum absolute atomic E-state index is 0.225. The van der Waals surface area contributed by atoms with Gasteiger partial charge in [0, 0.05) is 18.2 Å². The van der Waals surface area contributed by atoms with Crippen molar-refractivity contribution in [1.29, 1.82) is 0 Å². The summed E-state index contributed by atoms with van der Waals surface area (Å²) in [5, 5.41) is 9.06. The quantitative estimate of drug-likeness (QED) is 0.513. The maximum absolute atomic E-state index is 13.1. The van der Waals surface area contributed by atoms with E-state index in [-0.39, 0.29) is 16.9 Å². The van der Waals surface area contributed by atoms with Gasteiger partial charge >= 0.3 is 12.0 Å². The number of hydrogen-bond acceptors (Lipinski definition) is 5. The number of urea groups is 1. The first kappa shape index (κ1) is 23.1. The van der Waals surface area contributed by atoms with Crippen molar-refractivity contribution in [2.45, 2.75) is 20.8 Å². The van der Waals surface area contributed by atoms with Crippen LogP contribution >= 0.6 is 11.6 Å². The fraction of sp³-hybridized carbons (Fsp3) is 0.300.